The molecule has 3 aromatic carbocycles. The van der Waals surface area contributed by atoms with Gasteiger partial charge in [0.2, 0.25) is 0 Å². The molecule has 0 spiro atoms. The first kappa shape index (κ1) is 31.7. The van der Waals surface area contributed by atoms with E-state index >= 15 is 0 Å². The molecule has 1 aromatic heterocycles. The molecule has 2 unspecified atom stereocenters. The maximum Gasteiger partial charge on any atom is 0.328 e. The molecule has 5 atom stereocenters. The average molecular weight is 629 g/mol. The van der Waals surface area contributed by atoms with Crippen LogP contribution in [0.3, 0.4) is 0 Å². The molecule has 6 rings (SSSR count). The SMILES string of the molecule is COc1ccc(C(OC[C@H]2OC3CCCCOC([C@@H]3n3cc(C)c(=O)[nH]c3=O)[C@H]2O)(c2ccccc2)c2ccc(OC)cc2)cc1. The number of nitrogens with zero attached hydrogens (tertiary/aromatic N) is 1. The highest BCUT2D eigenvalue weighted by molar-refractivity contribution is 5.49. The van der Waals surface area contributed by atoms with Gasteiger partial charge >= 0.3 is 5.69 Å². The van der Waals surface area contributed by atoms with Crippen LogP contribution in [0.1, 0.15) is 47.6 Å². The third kappa shape index (κ3) is 6.01. The summed E-state index contributed by atoms with van der Waals surface area (Å²) >= 11 is 0. The Hall–Kier alpha value is -4.22. The number of benzene rings is 3. The summed E-state index contributed by atoms with van der Waals surface area (Å²) in [6.07, 6.45) is 0.684. The fourth-order valence-electron chi connectivity index (χ4n) is 6.68. The van der Waals surface area contributed by atoms with E-state index in [4.69, 9.17) is 23.7 Å². The van der Waals surface area contributed by atoms with Crippen molar-refractivity contribution in [2.45, 2.75) is 62.2 Å². The van der Waals surface area contributed by atoms with Crippen LogP contribution in [-0.2, 0) is 19.8 Å². The van der Waals surface area contributed by atoms with Crippen LogP contribution in [0, 0.1) is 6.92 Å². The van der Waals surface area contributed by atoms with Gasteiger partial charge in [0.25, 0.3) is 5.56 Å². The number of aromatic nitrogens is 2. The van der Waals surface area contributed by atoms with Gasteiger partial charge in [-0.3, -0.25) is 14.3 Å². The lowest BCUT2D eigenvalue weighted by Gasteiger charge is -2.47. The molecule has 242 valence electrons. The number of methoxy groups -OCH3 is 2. The first-order valence-corrected chi connectivity index (χ1v) is 15.6. The minimum Gasteiger partial charge on any atom is -0.497 e. The van der Waals surface area contributed by atoms with E-state index in [2.05, 4.69) is 4.98 Å². The molecule has 10 heteroatoms. The largest absolute Gasteiger partial charge is 0.497 e. The topological polar surface area (TPSA) is 121 Å². The smallest absolute Gasteiger partial charge is 0.328 e. The summed E-state index contributed by atoms with van der Waals surface area (Å²) in [5.41, 5.74) is 0.875. The number of rotatable bonds is 9. The number of H-pyrrole nitrogens is 1. The van der Waals surface area contributed by atoms with Crippen LogP contribution < -0.4 is 20.7 Å². The van der Waals surface area contributed by atoms with Crippen LogP contribution in [0.4, 0.5) is 0 Å². The van der Waals surface area contributed by atoms with Gasteiger partial charge in [0.1, 0.15) is 35.4 Å². The van der Waals surface area contributed by atoms with Gasteiger partial charge in [-0.25, -0.2) is 4.79 Å². The molecule has 2 fully saturated rings. The predicted octanol–water partition coefficient (Wildman–Crippen LogP) is 4.11. The van der Waals surface area contributed by atoms with E-state index in [0.717, 1.165) is 29.5 Å². The van der Waals surface area contributed by atoms with E-state index in [0.29, 0.717) is 30.1 Å². The number of aryl methyl sites for hydroxylation is 1. The fraction of sp³-hybridized carbons (Fsp3) is 0.389. The third-order valence-electron chi connectivity index (χ3n) is 9.08. The highest BCUT2D eigenvalue weighted by Gasteiger charge is 2.49. The Morgan fingerprint density at radius 3 is 2.11 bits per heavy atom. The summed E-state index contributed by atoms with van der Waals surface area (Å²) in [5, 5.41) is 11.8. The Labute approximate surface area is 267 Å². The molecule has 3 heterocycles. The van der Waals surface area contributed by atoms with Gasteiger partial charge in [0, 0.05) is 18.4 Å². The van der Waals surface area contributed by atoms with Crippen molar-refractivity contribution in [1.82, 2.24) is 9.55 Å². The quantitative estimate of drug-likeness (QED) is 0.266. The van der Waals surface area contributed by atoms with Crippen LogP contribution in [-0.4, -0.2) is 66.5 Å². The molecule has 2 aliphatic heterocycles. The number of hydrogen-bond acceptors (Lipinski definition) is 8. The van der Waals surface area contributed by atoms with Gasteiger partial charge in [-0.05, 0) is 67.1 Å². The first-order valence-electron chi connectivity index (χ1n) is 15.6. The fourth-order valence-corrected chi connectivity index (χ4v) is 6.68. The van der Waals surface area contributed by atoms with Crippen molar-refractivity contribution in [2.75, 3.05) is 27.4 Å². The number of aliphatic hydroxyl groups excluding tert-OH is 1. The molecule has 2 N–H and O–H groups in total. The second-order valence-corrected chi connectivity index (χ2v) is 11.8. The van der Waals surface area contributed by atoms with E-state index in [1.165, 1.54) is 10.8 Å². The number of fused-ring (bicyclic) bond motifs is 2. The zero-order valence-corrected chi connectivity index (χ0v) is 26.3. The van der Waals surface area contributed by atoms with Crippen molar-refractivity contribution in [3.63, 3.8) is 0 Å². The highest BCUT2D eigenvalue weighted by atomic mass is 16.6. The van der Waals surface area contributed by atoms with Gasteiger partial charge < -0.3 is 28.8 Å². The average Bonchev–Trinajstić information content (AvgIpc) is 3.08. The number of ether oxygens (including phenoxy) is 5. The molecule has 0 aliphatic carbocycles. The first-order chi connectivity index (χ1) is 22.3. The van der Waals surface area contributed by atoms with Crippen LogP contribution in [0.15, 0.2) is 94.6 Å². The Kier molecular flexibility index (Phi) is 9.42. The summed E-state index contributed by atoms with van der Waals surface area (Å²) in [4.78, 5) is 27.5. The minimum absolute atomic E-state index is 0.0107. The molecular weight excluding hydrogens is 588 g/mol. The molecule has 2 saturated heterocycles. The lowest BCUT2D eigenvalue weighted by Crippen LogP contribution is -2.59. The zero-order valence-electron chi connectivity index (χ0n) is 26.3. The van der Waals surface area contributed by atoms with Gasteiger partial charge in [-0.2, -0.15) is 0 Å². The second kappa shape index (κ2) is 13.6. The zero-order chi connectivity index (χ0) is 32.3. The Balaban J connectivity index is 1.41. The minimum atomic E-state index is -1.13. The maximum absolute atomic E-state index is 13.0. The second-order valence-electron chi connectivity index (χ2n) is 11.8. The van der Waals surface area contributed by atoms with Gasteiger partial charge in [0.15, 0.2) is 0 Å². The van der Waals surface area contributed by atoms with E-state index in [1.807, 2.05) is 78.9 Å². The monoisotopic (exact) mass is 628 g/mol. The van der Waals surface area contributed by atoms with Crippen molar-refractivity contribution >= 4 is 0 Å². The predicted molar refractivity (Wildman–Crippen MR) is 172 cm³/mol. The van der Waals surface area contributed by atoms with E-state index in [1.54, 1.807) is 21.1 Å². The maximum atomic E-state index is 13.0. The number of hydrogen-bond donors (Lipinski definition) is 2. The third-order valence-corrected chi connectivity index (χ3v) is 9.08. The van der Waals surface area contributed by atoms with E-state index in [9.17, 15) is 14.7 Å². The molecule has 0 saturated carbocycles. The van der Waals surface area contributed by atoms with Crippen molar-refractivity contribution in [3.8, 4) is 11.5 Å². The molecule has 0 radical (unpaired) electrons. The van der Waals surface area contributed by atoms with Gasteiger partial charge in [-0.1, -0.05) is 54.6 Å². The summed E-state index contributed by atoms with van der Waals surface area (Å²) in [6, 6.07) is 24.8. The van der Waals surface area contributed by atoms with Crippen molar-refractivity contribution in [3.05, 3.63) is 128 Å². The standard InChI is InChI=1S/C36H40N2O8/c1-23-21-38(35(41)37-34(23)40)31-29-11-7-8-20-44-33(31)32(39)30(46-29)22-45-36(24-9-5-4-6-10-24,25-12-16-27(42-2)17-13-25)26-14-18-28(43-3)19-15-26/h4-6,9-10,12-19,21,29-33,39H,7-8,11,20,22H2,1-3H3,(H,37,40,41)/t29?,30-,31-,32+,33?/m1/s1. The highest BCUT2D eigenvalue weighted by Crippen LogP contribution is 2.43. The van der Waals surface area contributed by atoms with Crippen LogP contribution in [0.2, 0.25) is 0 Å². The Morgan fingerprint density at radius 1 is 0.891 bits per heavy atom. The summed E-state index contributed by atoms with van der Waals surface area (Å²) < 4.78 is 32.3. The Bertz CT molecular complexity index is 1670. The van der Waals surface area contributed by atoms with Gasteiger partial charge in [-0.15, -0.1) is 0 Å². The lowest BCUT2D eigenvalue weighted by atomic mass is 9.79. The number of aromatic amines is 1. The summed E-state index contributed by atoms with van der Waals surface area (Å²) in [6.45, 7) is 2.09. The summed E-state index contributed by atoms with van der Waals surface area (Å²) in [5.74, 6) is 1.42. The van der Waals surface area contributed by atoms with Crippen LogP contribution >= 0.6 is 0 Å². The molecule has 2 aliphatic rings. The Morgan fingerprint density at radius 2 is 1.50 bits per heavy atom. The molecule has 2 bridgehead atoms. The molecular formula is C36H40N2O8. The molecule has 46 heavy (non-hydrogen) atoms. The molecule has 4 aromatic rings. The van der Waals surface area contributed by atoms with E-state index in [-0.39, 0.29) is 6.61 Å². The molecule has 10 nitrogen and oxygen atoms in total. The summed E-state index contributed by atoms with van der Waals surface area (Å²) in [7, 11) is 3.25. The van der Waals surface area contributed by atoms with Gasteiger partial charge in [0.05, 0.1) is 33.0 Å². The van der Waals surface area contributed by atoms with Crippen molar-refractivity contribution < 1.29 is 28.8 Å². The van der Waals surface area contributed by atoms with Crippen molar-refractivity contribution in [1.29, 1.82) is 0 Å². The number of nitrogens with one attached hydrogen (secondary N) is 1. The number of aliphatic hydroxyl groups is 1. The van der Waals surface area contributed by atoms with Crippen molar-refractivity contribution in [2.24, 2.45) is 0 Å². The van der Waals surface area contributed by atoms with E-state index < -0.39 is 47.3 Å². The van der Waals surface area contributed by atoms with Crippen LogP contribution in [0.5, 0.6) is 11.5 Å². The normalized spacial score (nSPS) is 23.3. The van der Waals surface area contributed by atoms with Crippen LogP contribution in [0.25, 0.3) is 0 Å². The lowest BCUT2D eigenvalue weighted by molar-refractivity contribution is -0.233. The molecule has 0 amide bonds.